The van der Waals surface area contributed by atoms with Crippen LogP contribution in [0.25, 0.3) is 0 Å². The smallest absolute Gasteiger partial charge is 0.0704 e. The Kier molecular flexibility index (Phi) is 11.2. The SMILES string of the molecule is COCCNCC(C)OCCOCC(C)C. The van der Waals surface area contributed by atoms with E-state index in [9.17, 15) is 0 Å². The lowest BCUT2D eigenvalue weighted by Gasteiger charge is -2.14. The van der Waals surface area contributed by atoms with E-state index in [2.05, 4.69) is 26.1 Å². The highest BCUT2D eigenvalue weighted by Crippen LogP contribution is 1.93. The van der Waals surface area contributed by atoms with Crippen LogP contribution in [0.3, 0.4) is 0 Å². The van der Waals surface area contributed by atoms with Crippen LogP contribution < -0.4 is 5.32 Å². The summed E-state index contributed by atoms with van der Waals surface area (Å²) in [7, 11) is 1.70. The van der Waals surface area contributed by atoms with Crippen molar-refractivity contribution < 1.29 is 14.2 Å². The summed E-state index contributed by atoms with van der Waals surface area (Å²) in [5, 5.41) is 3.25. The van der Waals surface area contributed by atoms with Crippen molar-refractivity contribution in [3.8, 4) is 0 Å². The number of ether oxygens (including phenoxy) is 3. The normalized spacial score (nSPS) is 13.3. The van der Waals surface area contributed by atoms with E-state index < -0.39 is 0 Å². The van der Waals surface area contributed by atoms with Gasteiger partial charge in [-0.1, -0.05) is 13.8 Å². The molecule has 1 atom stereocenters. The van der Waals surface area contributed by atoms with Crippen molar-refractivity contribution in [3.05, 3.63) is 0 Å². The standard InChI is InChI=1S/C12H27NO3/c1-11(2)10-15-7-8-16-12(3)9-13-5-6-14-4/h11-13H,5-10H2,1-4H3. The lowest BCUT2D eigenvalue weighted by atomic mass is 10.2. The van der Waals surface area contributed by atoms with Gasteiger partial charge in [0.2, 0.25) is 0 Å². The average Bonchev–Trinajstić information content (AvgIpc) is 2.23. The summed E-state index contributed by atoms with van der Waals surface area (Å²) in [6, 6.07) is 0. The molecule has 0 aliphatic rings. The van der Waals surface area contributed by atoms with E-state index in [-0.39, 0.29) is 6.10 Å². The maximum atomic E-state index is 5.58. The number of rotatable bonds is 11. The fourth-order valence-electron chi connectivity index (χ4n) is 1.17. The zero-order valence-electron chi connectivity index (χ0n) is 11.1. The van der Waals surface area contributed by atoms with E-state index >= 15 is 0 Å². The van der Waals surface area contributed by atoms with Gasteiger partial charge in [0.1, 0.15) is 0 Å². The molecule has 0 aromatic carbocycles. The Morgan fingerprint density at radius 2 is 1.81 bits per heavy atom. The number of nitrogens with one attached hydrogen (secondary N) is 1. The molecule has 1 unspecified atom stereocenters. The molecule has 0 heterocycles. The molecule has 0 saturated heterocycles. The first-order valence-corrected chi connectivity index (χ1v) is 6.05. The highest BCUT2D eigenvalue weighted by Gasteiger charge is 2.01. The maximum absolute atomic E-state index is 5.58. The third kappa shape index (κ3) is 11.9. The Labute approximate surface area is 99.6 Å². The van der Waals surface area contributed by atoms with Gasteiger partial charge >= 0.3 is 0 Å². The van der Waals surface area contributed by atoms with Gasteiger partial charge in [-0.3, -0.25) is 0 Å². The predicted octanol–water partition coefficient (Wildman–Crippen LogP) is 1.30. The quantitative estimate of drug-likeness (QED) is 0.546. The maximum Gasteiger partial charge on any atom is 0.0704 e. The van der Waals surface area contributed by atoms with Gasteiger partial charge in [-0.2, -0.15) is 0 Å². The second-order valence-electron chi connectivity index (χ2n) is 4.35. The highest BCUT2D eigenvalue weighted by atomic mass is 16.5. The summed E-state index contributed by atoms with van der Waals surface area (Å²) >= 11 is 0. The van der Waals surface area contributed by atoms with Gasteiger partial charge in [0.25, 0.3) is 0 Å². The van der Waals surface area contributed by atoms with Crippen LogP contribution in [0.1, 0.15) is 20.8 Å². The Bertz CT molecular complexity index is 142. The van der Waals surface area contributed by atoms with Gasteiger partial charge in [-0.05, 0) is 12.8 Å². The van der Waals surface area contributed by atoms with Crippen molar-refractivity contribution in [2.75, 3.05) is 46.6 Å². The van der Waals surface area contributed by atoms with E-state index in [1.165, 1.54) is 0 Å². The molecule has 0 aromatic heterocycles. The lowest BCUT2D eigenvalue weighted by molar-refractivity contribution is 0.00636. The summed E-state index contributed by atoms with van der Waals surface area (Å²) in [4.78, 5) is 0. The monoisotopic (exact) mass is 233 g/mol. The first-order valence-electron chi connectivity index (χ1n) is 6.05. The first kappa shape index (κ1) is 15.8. The van der Waals surface area contributed by atoms with Crippen LogP contribution in [0, 0.1) is 5.92 Å². The molecule has 0 bridgehead atoms. The molecule has 4 heteroatoms. The van der Waals surface area contributed by atoms with Gasteiger partial charge in [0.15, 0.2) is 0 Å². The van der Waals surface area contributed by atoms with E-state index in [1.54, 1.807) is 7.11 Å². The van der Waals surface area contributed by atoms with Crippen molar-refractivity contribution in [2.24, 2.45) is 5.92 Å². The summed E-state index contributed by atoms with van der Waals surface area (Å²) in [5.41, 5.74) is 0. The van der Waals surface area contributed by atoms with E-state index in [1.807, 2.05) is 0 Å². The highest BCUT2D eigenvalue weighted by molar-refractivity contribution is 4.54. The first-order chi connectivity index (χ1) is 7.66. The summed E-state index contributed by atoms with van der Waals surface area (Å²) in [5.74, 6) is 0.591. The fraction of sp³-hybridized carbons (Fsp3) is 1.00. The zero-order chi connectivity index (χ0) is 12.2. The van der Waals surface area contributed by atoms with Gasteiger partial charge in [0, 0.05) is 26.8 Å². The van der Waals surface area contributed by atoms with Gasteiger partial charge in [0.05, 0.1) is 25.9 Å². The Morgan fingerprint density at radius 1 is 1.06 bits per heavy atom. The Morgan fingerprint density at radius 3 is 2.44 bits per heavy atom. The molecule has 1 N–H and O–H groups in total. The van der Waals surface area contributed by atoms with Gasteiger partial charge in [-0.15, -0.1) is 0 Å². The molecule has 16 heavy (non-hydrogen) atoms. The van der Waals surface area contributed by atoms with Crippen molar-refractivity contribution in [1.29, 1.82) is 0 Å². The van der Waals surface area contributed by atoms with E-state index in [0.29, 0.717) is 19.1 Å². The van der Waals surface area contributed by atoms with Crippen LogP contribution in [-0.2, 0) is 14.2 Å². The van der Waals surface area contributed by atoms with Crippen LogP contribution in [0.15, 0.2) is 0 Å². The van der Waals surface area contributed by atoms with Crippen LogP contribution in [0.5, 0.6) is 0 Å². The van der Waals surface area contributed by atoms with Crippen molar-refractivity contribution in [1.82, 2.24) is 5.32 Å². The molecule has 0 fully saturated rings. The van der Waals surface area contributed by atoms with Crippen molar-refractivity contribution in [2.45, 2.75) is 26.9 Å². The number of methoxy groups -OCH3 is 1. The third-order valence-corrected chi connectivity index (χ3v) is 2.00. The number of hydrogen-bond acceptors (Lipinski definition) is 4. The molecule has 98 valence electrons. The molecule has 0 spiro atoms. The topological polar surface area (TPSA) is 39.7 Å². The van der Waals surface area contributed by atoms with Gasteiger partial charge < -0.3 is 19.5 Å². The van der Waals surface area contributed by atoms with E-state index in [4.69, 9.17) is 14.2 Å². The molecule has 0 radical (unpaired) electrons. The van der Waals surface area contributed by atoms with Gasteiger partial charge in [-0.25, -0.2) is 0 Å². The second kappa shape index (κ2) is 11.3. The predicted molar refractivity (Wildman–Crippen MR) is 65.8 cm³/mol. The zero-order valence-corrected chi connectivity index (χ0v) is 11.1. The van der Waals surface area contributed by atoms with Crippen LogP contribution in [0.2, 0.25) is 0 Å². The largest absolute Gasteiger partial charge is 0.383 e. The second-order valence-corrected chi connectivity index (χ2v) is 4.35. The summed E-state index contributed by atoms with van der Waals surface area (Å²) in [6.45, 7) is 11.0. The molecule has 0 saturated carbocycles. The van der Waals surface area contributed by atoms with Crippen molar-refractivity contribution in [3.63, 3.8) is 0 Å². The summed E-state index contributed by atoms with van der Waals surface area (Å²) in [6.07, 6.45) is 0.222. The minimum Gasteiger partial charge on any atom is -0.383 e. The Balaban J connectivity index is 3.14. The van der Waals surface area contributed by atoms with Crippen LogP contribution in [0.4, 0.5) is 0 Å². The summed E-state index contributed by atoms with van der Waals surface area (Å²) < 4.78 is 15.9. The molecule has 0 aliphatic carbocycles. The molecule has 0 aliphatic heterocycles. The lowest BCUT2D eigenvalue weighted by Crippen LogP contribution is -2.30. The minimum atomic E-state index is 0.222. The Hall–Kier alpha value is -0.160. The average molecular weight is 233 g/mol. The van der Waals surface area contributed by atoms with E-state index in [0.717, 1.165) is 26.3 Å². The number of hydrogen-bond donors (Lipinski definition) is 1. The molecule has 4 nitrogen and oxygen atoms in total. The van der Waals surface area contributed by atoms with Crippen molar-refractivity contribution >= 4 is 0 Å². The van der Waals surface area contributed by atoms with Crippen LogP contribution >= 0.6 is 0 Å². The molecule has 0 amide bonds. The van der Waals surface area contributed by atoms with Crippen LogP contribution in [-0.4, -0.2) is 52.7 Å². The fourth-order valence-corrected chi connectivity index (χ4v) is 1.17. The molecular formula is C12H27NO3. The molecule has 0 aromatic rings. The third-order valence-electron chi connectivity index (χ3n) is 2.00. The molecule has 0 rings (SSSR count). The minimum absolute atomic E-state index is 0.222. The molecular weight excluding hydrogens is 206 g/mol.